The number of hydrogen-bond donors (Lipinski definition) is 2. The fourth-order valence-corrected chi connectivity index (χ4v) is 2.91. The van der Waals surface area contributed by atoms with Crippen molar-refractivity contribution in [3.8, 4) is 0 Å². The second kappa shape index (κ2) is 8.02. The summed E-state index contributed by atoms with van der Waals surface area (Å²) >= 11 is 0. The Bertz CT molecular complexity index is 287. The van der Waals surface area contributed by atoms with Crippen molar-refractivity contribution in [2.75, 3.05) is 38.6 Å². The van der Waals surface area contributed by atoms with E-state index in [1.807, 2.05) is 0 Å². The van der Waals surface area contributed by atoms with E-state index < -0.39 is 10.0 Å². The van der Waals surface area contributed by atoms with Crippen LogP contribution < -0.4 is 10.0 Å². The molecule has 0 aliphatic carbocycles. The van der Waals surface area contributed by atoms with Crippen LogP contribution in [0.5, 0.6) is 0 Å². The molecule has 0 aromatic rings. The molecule has 102 valence electrons. The van der Waals surface area contributed by atoms with Gasteiger partial charge in [-0.3, -0.25) is 0 Å². The third kappa shape index (κ3) is 6.98. The van der Waals surface area contributed by atoms with Crippen molar-refractivity contribution in [2.45, 2.75) is 26.2 Å². The number of hydrogen-bond acceptors (Lipinski definition) is 4. The Kier molecular flexibility index (Phi) is 7.03. The number of sulfonamides is 1. The predicted octanol–water partition coefficient (Wildman–Crippen LogP) is 0.332. The SMILES string of the molecule is CCCNCCCS(=O)(=O)NCC1CCOC1. The highest BCUT2D eigenvalue weighted by molar-refractivity contribution is 7.89. The van der Waals surface area contributed by atoms with Gasteiger partial charge in [-0.25, -0.2) is 13.1 Å². The van der Waals surface area contributed by atoms with Crippen molar-refractivity contribution in [1.29, 1.82) is 0 Å². The minimum absolute atomic E-state index is 0.206. The average Bonchev–Trinajstić information content (AvgIpc) is 2.79. The van der Waals surface area contributed by atoms with Crippen LogP contribution in [0.4, 0.5) is 0 Å². The van der Waals surface area contributed by atoms with Gasteiger partial charge in [0.15, 0.2) is 0 Å². The molecule has 0 aromatic carbocycles. The standard InChI is InChI=1S/C11H24N2O3S/c1-2-5-12-6-3-8-17(14,15)13-9-11-4-7-16-10-11/h11-13H,2-10H2,1H3. The Balaban J connectivity index is 2.08. The van der Waals surface area contributed by atoms with Crippen LogP contribution in [0.15, 0.2) is 0 Å². The van der Waals surface area contributed by atoms with Crippen molar-refractivity contribution < 1.29 is 13.2 Å². The molecule has 6 heteroatoms. The Labute approximate surface area is 104 Å². The molecule has 5 nitrogen and oxygen atoms in total. The van der Waals surface area contributed by atoms with Crippen molar-refractivity contribution in [1.82, 2.24) is 10.0 Å². The summed E-state index contributed by atoms with van der Waals surface area (Å²) in [4.78, 5) is 0. The van der Waals surface area contributed by atoms with Crippen LogP contribution in [0.2, 0.25) is 0 Å². The van der Waals surface area contributed by atoms with Crippen LogP contribution in [0.3, 0.4) is 0 Å². The molecule has 1 heterocycles. The van der Waals surface area contributed by atoms with Crippen LogP contribution in [0, 0.1) is 5.92 Å². The zero-order valence-electron chi connectivity index (χ0n) is 10.6. The van der Waals surface area contributed by atoms with Crippen molar-refractivity contribution in [3.05, 3.63) is 0 Å². The summed E-state index contributed by atoms with van der Waals surface area (Å²) in [5.74, 6) is 0.556. The lowest BCUT2D eigenvalue weighted by Gasteiger charge is -2.10. The van der Waals surface area contributed by atoms with Gasteiger partial charge in [-0.1, -0.05) is 6.92 Å². The smallest absolute Gasteiger partial charge is 0.211 e. The molecule has 1 saturated heterocycles. The summed E-state index contributed by atoms with van der Waals surface area (Å²) in [5, 5.41) is 3.19. The van der Waals surface area contributed by atoms with E-state index in [0.29, 0.717) is 25.5 Å². The molecule has 0 aromatic heterocycles. The second-order valence-corrected chi connectivity index (χ2v) is 6.43. The first-order valence-corrected chi connectivity index (χ1v) is 8.05. The first kappa shape index (κ1) is 14.9. The third-order valence-corrected chi connectivity index (χ3v) is 4.24. The van der Waals surface area contributed by atoms with Crippen LogP contribution in [0.25, 0.3) is 0 Å². The lowest BCUT2D eigenvalue weighted by molar-refractivity contribution is 0.186. The normalized spacial score (nSPS) is 20.9. The van der Waals surface area contributed by atoms with Gasteiger partial charge in [0.25, 0.3) is 0 Å². The Morgan fingerprint density at radius 2 is 2.18 bits per heavy atom. The molecular weight excluding hydrogens is 240 g/mol. The summed E-state index contributed by atoms with van der Waals surface area (Å²) in [5.41, 5.74) is 0. The molecule has 2 N–H and O–H groups in total. The lowest BCUT2D eigenvalue weighted by Crippen LogP contribution is -2.32. The molecule has 17 heavy (non-hydrogen) atoms. The zero-order chi connectivity index (χ0) is 12.6. The highest BCUT2D eigenvalue weighted by Crippen LogP contribution is 2.10. The van der Waals surface area contributed by atoms with Gasteiger partial charge in [0.2, 0.25) is 10.0 Å². The van der Waals surface area contributed by atoms with E-state index in [0.717, 1.165) is 32.5 Å². The maximum atomic E-state index is 11.6. The summed E-state index contributed by atoms with van der Waals surface area (Å²) in [6, 6.07) is 0. The number of rotatable bonds is 9. The van der Waals surface area contributed by atoms with Gasteiger partial charge < -0.3 is 10.1 Å². The van der Waals surface area contributed by atoms with Crippen molar-refractivity contribution >= 4 is 10.0 Å². The Morgan fingerprint density at radius 1 is 1.35 bits per heavy atom. The molecule has 0 radical (unpaired) electrons. The van der Waals surface area contributed by atoms with Gasteiger partial charge in [-0.05, 0) is 38.3 Å². The highest BCUT2D eigenvalue weighted by Gasteiger charge is 2.18. The summed E-state index contributed by atoms with van der Waals surface area (Å²) in [6.45, 7) is 5.77. The fourth-order valence-electron chi connectivity index (χ4n) is 1.75. The van der Waals surface area contributed by atoms with Crippen molar-refractivity contribution in [2.24, 2.45) is 5.92 Å². The molecule has 1 unspecified atom stereocenters. The van der Waals surface area contributed by atoms with Crippen molar-refractivity contribution in [3.63, 3.8) is 0 Å². The van der Waals surface area contributed by atoms with Gasteiger partial charge in [0.1, 0.15) is 0 Å². The maximum Gasteiger partial charge on any atom is 0.211 e. The largest absolute Gasteiger partial charge is 0.381 e. The van der Waals surface area contributed by atoms with E-state index >= 15 is 0 Å². The van der Waals surface area contributed by atoms with Crippen LogP contribution in [0.1, 0.15) is 26.2 Å². The van der Waals surface area contributed by atoms with E-state index in [1.54, 1.807) is 0 Å². The summed E-state index contributed by atoms with van der Waals surface area (Å²) in [6.07, 6.45) is 2.70. The monoisotopic (exact) mass is 264 g/mol. The fraction of sp³-hybridized carbons (Fsp3) is 1.00. The van der Waals surface area contributed by atoms with E-state index in [9.17, 15) is 8.42 Å². The second-order valence-electron chi connectivity index (χ2n) is 4.50. The maximum absolute atomic E-state index is 11.6. The topological polar surface area (TPSA) is 67.4 Å². The van der Waals surface area contributed by atoms with Gasteiger partial charge in [0, 0.05) is 13.2 Å². The van der Waals surface area contributed by atoms with Crippen LogP contribution >= 0.6 is 0 Å². The molecule has 1 rings (SSSR count). The van der Waals surface area contributed by atoms with Gasteiger partial charge in [-0.2, -0.15) is 0 Å². The number of nitrogens with one attached hydrogen (secondary N) is 2. The highest BCUT2D eigenvalue weighted by atomic mass is 32.2. The summed E-state index contributed by atoms with van der Waals surface area (Å²) < 4.78 is 31.1. The molecule has 0 bridgehead atoms. The van der Waals surface area contributed by atoms with Gasteiger partial charge in [0.05, 0.1) is 12.4 Å². The average molecular weight is 264 g/mol. The molecule has 1 aliphatic heterocycles. The molecule has 1 aliphatic rings. The first-order chi connectivity index (χ1) is 8.14. The van der Waals surface area contributed by atoms with E-state index in [2.05, 4.69) is 17.0 Å². The van der Waals surface area contributed by atoms with Gasteiger partial charge >= 0.3 is 0 Å². The van der Waals surface area contributed by atoms with Gasteiger partial charge in [-0.15, -0.1) is 0 Å². The Hall–Kier alpha value is -0.170. The summed E-state index contributed by atoms with van der Waals surface area (Å²) in [7, 11) is -3.10. The molecule has 0 amide bonds. The van der Waals surface area contributed by atoms with Crippen LogP contribution in [-0.2, 0) is 14.8 Å². The first-order valence-electron chi connectivity index (χ1n) is 6.40. The quantitative estimate of drug-likeness (QED) is 0.589. The predicted molar refractivity (Wildman–Crippen MR) is 68.5 cm³/mol. The molecular formula is C11H24N2O3S. The molecule has 1 atom stereocenters. The van der Waals surface area contributed by atoms with E-state index in [4.69, 9.17) is 4.74 Å². The molecule has 0 saturated carbocycles. The Morgan fingerprint density at radius 3 is 2.82 bits per heavy atom. The van der Waals surface area contributed by atoms with E-state index in [1.165, 1.54) is 0 Å². The third-order valence-electron chi connectivity index (χ3n) is 2.81. The van der Waals surface area contributed by atoms with Crippen LogP contribution in [-0.4, -0.2) is 47.0 Å². The van der Waals surface area contributed by atoms with E-state index in [-0.39, 0.29) is 5.75 Å². The number of ether oxygens (including phenoxy) is 1. The molecule has 1 fully saturated rings. The molecule has 0 spiro atoms. The minimum Gasteiger partial charge on any atom is -0.381 e. The lowest BCUT2D eigenvalue weighted by atomic mass is 10.1. The minimum atomic E-state index is -3.10. The zero-order valence-corrected chi connectivity index (χ0v) is 11.4.